The largest absolute Gasteiger partial charge is 0.507 e. The molecule has 3 nitrogen and oxygen atoms in total. The molecule has 0 spiro atoms. The second kappa shape index (κ2) is 6.78. The van der Waals surface area contributed by atoms with Crippen LogP contribution in [-0.2, 0) is 13.5 Å². The molecule has 0 saturated carbocycles. The molecule has 4 rings (SSSR count). The number of phenols is 1. The van der Waals surface area contributed by atoms with Gasteiger partial charge in [-0.1, -0.05) is 52.3 Å². The third-order valence-corrected chi connectivity index (χ3v) is 5.49. The predicted molar refractivity (Wildman–Crippen MR) is 111 cm³/mol. The van der Waals surface area contributed by atoms with Gasteiger partial charge < -0.3 is 14.8 Å². The SMILES string of the molecule is Cn1c(-c2c(O)ccc3ccccc23)c(CCCO)c2ccc(Br)cc21. The minimum Gasteiger partial charge on any atom is -0.507 e. The first-order valence-electron chi connectivity index (χ1n) is 8.70. The number of hydrogen-bond acceptors (Lipinski definition) is 2. The number of fused-ring (bicyclic) bond motifs is 2. The van der Waals surface area contributed by atoms with Gasteiger partial charge in [0.15, 0.2) is 0 Å². The fourth-order valence-corrected chi connectivity index (χ4v) is 4.17. The van der Waals surface area contributed by atoms with Gasteiger partial charge in [-0.15, -0.1) is 0 Å². The maximum absolute atomic E-state index is 10.7. The highest BCUT2D eigenvalue weighted by molar-refractivity contribution is 9.10. The zero-order valence-corrected chi connectivity index (χ0v) is 16.1. The molecule has 0 saturated heterocycles. The summed E-state index contributed by atoms with van der Waals surface area (Å²) in [6, 6.07) is 18.1. The lowest BCUT2D eigenvalue weighted by Crippen LogP contribution is -1.97. The standard InChI is InChI=1S/C22H20BrNO2/c1-24-19-13-15(23)9-10-17(19)18(7-4-12-25)22(24)21-16-6-3-2-5-14(16)8-11-20(21)26/h2-3,5-6,8-11,13,25-26H,4,7,12H2,1H3. The van der Waals surface area contributed by atoms with E-state index in [0.29, 0.717) is 6.42 Å². The summed E-state index contributed by atoms with van der Waals surface area (Å²) in [5.41, 5.74) is 4.14. The Labute approximate surface area is 160 Å². The Morgan fingerprint density at radius 3 is 2.62 bits per heavy atom. The summed E-state index contributed by atoms with van der Waals surface area (Å²) in [7, 11) is 2.04. The maximum atomic E-state index is 10.7. The molecule has 0 radical (unpaired) electrons. The first-order valence-corrected chi connectivity index (χ1v) is 9.50. The van der Waals surface area contributed by atoms with Gasteiger partial charge in [-0.3, -0.25) is 0 Å². The number of halogens is 1. The number of aryl methyl sites for hydroxylation is 2. The van der Waals surface area contributed by atoms with Crippen LogP contribution in [0.4, 0.5) is 0 Å². The summed E-state index contributed by atoms with van der Waals surface area (Å²) in [6.45, 7) is 0.147. The molecule has 0 aliphatic heterocycles. The van der Waals surface area contributed by atoms with Crippen molar-refractivity contribution in [3.05, 3.63) is 64.6 Å². The van der Waals surface area contributed by atoms with Gasteiger partial charge in [0.2, 0.25) is 0 Å². The van der Waals surface area contributed by atoms with Crippen LogP contribution in [0.5, 0.6) is 5.75 Å². The molecule has 4 aromatic rings. The van der Waals surface area contributed by atoms with Gasteiger partial charge in [-0.2, -0.15) is 0 Å². The molecule has 0 bridgehead atoms. The number of aliphatic hydroxyl groups excluding tert-OH is 1. The van der Waals surface area contributed by atoms with Crippen molar-refractivity contribution in [3.63, 3.8) is 0 Å². The van der Waals surface area contributed by atoms with Crippen LogP contribution in [0, 0.1) is 0 Å². The fourth-order valence-electron chi connectivity index (χ4n) is 3.82. The smallest absolute Gasteiger partial charge is 0.125 e. The van der Waals surface area contributed by atoms with Crippen molar-refractivity contribution >= 4 is 37.6 Å². The monoisotopic (exact) mass is 409 g/mol. The molecule has 1 heterocycles. The lowest BCUT2D eigenvalue weighted by atomic mass is 9.96. The zero-order chi connectivity index (χ0) is 18.3. The average molecular weight is 410 g/mol. The van der Waals surface area contributed by atoms with Crippen LogP contribution < -0.4 is 0 Å². The molecule has 4 heteroatoms. The Morgan fingerprint density at radius 2 is 1.81 bits per heavy atom. The van der Waals surface area contributed by atoms with Crippen molar-refractivity contribution in [2.24, 2.45) is 7.05 Å². The van der Waals surface area contributed by atoms with E-state index in [1.54, 1.807) is 6.07 Å². The van der Waals surface area contributed by atoms with E-state index in [1.165, 1.54) is 0 Å². The molecule has 0 aliphatic carbocycles. The van der Waals surface area contributed by atoms with E-state index in [9.17, 15) is 10.2 Å². The third kappa shape index (κ3) is 2.70. The molecule has 132 valence electrons. The van der Waals surface area contributed by atoms with Crippen molar-refractivity contribution in [1.29, 1.82) is 0 Å². The van der Waals surface area contributed by atoms with Crippen LogP contribution >= 0.6 is 15.9 Å². The Balaban J connectivity index is 2.12. The lowest BCUT2D eigenvalue weighted by Gasteiger charge is -2.13. The summed E-state index contributed by atoms with van der Waals surface area (Å²) in [5.74, 6) is 0.277. The van der Waals surface area contributed by atoms with E-state index in [4.69, 9.17) is 0 Å². The summed E-state index contributed by atoms with van der Waals surface area (Å²) < 4.78 is 3.17. The number of nitrogens with zero attached hydrogens (tertiary/aromatic N) is 1. The van der Waals surface area contributed by atoms with Crippen molar-refractivity contribution in [2.75, 3.05) is 6.61 Å². The van der Waals surface area contributed by atoms with Gasteiger partial charge in [-0.25, -0.2) is 0 Å². The van der Waals surface area contributed by atoms with Crippen LogP contribution in [0.3, 0.4) is 0 Å². The highest BCUT2D eigenvalue weighted by atomic mass is 79.9. The van der Waals surface area contributed by atoms with Gasteiger partial charge in [0.25, 0.3) is 0 Å². The van der Waals surface area contributed by atoms with Gasteiger partial charge in [0.1, 0.15) is 5.75 Å². The Kier molecular flexibility index (Phi) is 4.47. The molecule has 0 amide bonds. The van der Waals surface area contributed by atoms with E-state index in [0.717, 1.165) is 49.4 Å². The first kappa shape index (κ1) is 17.1. The molecule has 0 fully saturated rings. The van der Waals surface area contributed by atoms with E-state index in [-0.39, 0.29) is 12.4 Å². The molecular formula is C22H20BrNO2. The lowest BCUT2D eigenvalue weighted by molar-refractivity contribution is 0.289. The quantitative estimate of drug-likeness (QED) is 0.474. The van der Waals surface area contributed by atoms with E-state index in [1.807, 2.05) is 37.4 Å². The van der Waals surface area contributed by atoms with Crippen molar-refractivity contribution in [1.82, 2.24) is 4.57 Å². The Bertz CT molecular complexity index is 1110. The molecule has 1 aromatic heterocycles. The minimum absolute atomic E-state index is 0.147. The fraction of sp³-hybridized carbons (Fsp3) is 0.182. The normalized spacial score (nSPS) is 11.5. The second-order valence-corrected chi connectivity index (χ2v) is 7.47. The van der Waals surface area contributed by atoms with Crippen LogP contribution in [-0.4, -0.2) is 21.4 Å². The Morgan fingerprint density at radius 1 is 1.00 bits per heavy atom. The van der Waals surface area contributed by atoms with Crippen LogP contribution in [0.25, 0.3) is 32.9 Å². The molecule has 2 N–H and O–H groups in total. The van der Waals surface area contributed by atoms with Crippen LogP contribution in [0.2, 0.25) is 0 Å². The second-order valence-electron chi connectivity index (χ2n) is 6.56. The van der Waals surface area contributed by atoms with E-state index < -0.39 is 0 Å². The molecule has 0 atom stereocenters. The van der Waals surface area contributed by atoms with Gasteiger partial charge in [0.05, 0.1) is 5.69 Å². The molecule has 26 heavy (non-hydrogen) atoms. The first-order chi connectivity index (χ1) is 12.6. The molecule has 0 aliphatic rings. The maximum Gasteiger partial charge on any atom is 0.125 e. The van der Waals surface area contributed by atoms with Gasteiger partial charge >= 0.3 is 0 Å². The number of rotatable bonds is 4. The highest BCUT2D eigenvalue weighted by Gasteiger charge is 2.21. The van der Waals surface area contributed by atoms with E-state index in [2.05, 4.69) is 38.7 Å². The average Bonchev–Trinajstić information content (AvgIpc) is 2.91. The van der Waals surface area contributed by atoms with Crippen molar-refractivity contribution in [3.8, 4) is 17.0 Å². The molecule has 0 unspecified atom stereocenters. The number of benzene rings is 3. The zero-order valence-electron chi connectivity index (χ0n) is 14.5. The summed E-state index contributed by atoms with van der Waals surface area (Å²) >= 11 is 3.56. The summed E-state index contributed by atoms with van der Waals surface area (Å²) in [4.78, 5) is 0. The van der Waals surface area contributed by atoms with Gasteiger partial charge in [-0.05, 0) is 47.4 Å². The summed E-state index contributed by atoms with van der Waals surface area (Å²) in [5, 5.41) is 23.4. The van der Waals surface area contributed by atoms with Crippen molar-refractivity contribution < 1.29 is 10.2 Å². The third-order valence-electron chi connectivity index (χ3n) is 5.00. The van der Waals surface area contributed by atoms with Crippen LogP contribution in [0.15, 0.2) is 59.1 Å². The number of phenolic OH excluding ortho intramolecular Hbond substituents is 1. The topological polar surface area (TPSA) is 45.4 Å². The minimum atomic E-state index is 0.147. The predicted octanol–water partition coefficient (Wildman–Crippen LogP) is 5.39. The van der Waals surface area contributed by atoms with Crippen molar-refractivity contribution in [2.45, 2.75) is 12.8 Å². The van der Waals surface area contributed by atoms with Gasteiger partial charge in [0, 0.05) is 34.6 Å². The van der Waals surface area contributed by atoms with Crippen LogP contribution in [0.1, 0.15) is 12.0 Å². The number of hydrogen-bond donors (Lipinski definition) is 2. The number of aromatic hydroxyl groups is 1. The highest BCUT2D eigenvalue weighted by Crippen LogP contribution is 2.42. The molecular weight excluding hydrogens is 390 g/mol. The Hall–Kier alpha value is -2.30. The molecule has 3 aromatic carbocycles. The number of aromatic nitrogens is 1. The number of aliphatic hydroxyl groups is 1. The summed E-state index contributed by atoms with van der Waals surface area (Å²) in [6.07, 6.45) is 1.45. The van der Waals surface area contributed by atoms with E-state index >= 15 is 0 Å².